The van der Waals surface area contributed by atoms with Crippen LogP contribution in [0.5, 0.6) is 11.5 Å². The summed E-state index contributed by atoms with van der Waals surface area (Å²) in [4.78, 5) is 62.6. The molecule has 4 atom stereocenters. The molecule has 0 saturated carbocycles. The number of fused-ring (bicyclic) bond motifs is 1. The number of Topliss-reactive ketones (excluding diaryl/α,β-unsaturated/α-hetero) is 1. The molecular weight excluding hydrogens is 490 g/mol. The van der Waals surface area contributed by atoms with E-state index in [1.165, 1.54) is 13.0 Å². The maximum Gasteiger partial charge on any atom is 0.244 e. The van der Waals surface area contributed by atoms with Crippen LogP contribution in [0.25, 0.3) is 6.08 Å². The molecule has 3 N–H and O–H groups in total. The Kier molecular flexibility index (Phi) is 8.20. The van der Waals surface area contributed by atoms with Gasteiger partial charge in [0.25, 0.3) is 0 Å². The highest BCUT2D eigenvalue weighted by Crippen LogP contribution is 2.32. The Hall–Kier alpha value is -4.47. The molecule has 4 rings (SSSR count). The highest BCUT2D eigenvalue weighted by Gasteiger charge is 2.45. The number of hydrogen-bond acceptors (Lipinski definition) is 7. The number of rotatable bonds is 10. The number of nitrogens with one attached hydrogen (secondary N) is 3. The highest BCUT2D eigenvalue weighted by atomic mass is 16.7. The smallest absolute Gasteiger partial charge is 0.244 e. The first kappa shape index (κ1) is 26.6. The summed E-state index contributed by atoms with van der Waals surface area (Å²) in [6.07, 6.45) is 3.10. The van der Waals surface area contributed by atoms with E-state index in [-0.39, 0.29) is 19.6 Å². The molecule has 10 nitrogen and oxygen atoms in total. The fourth-order valence-electron chi connectivity index (χ4n) is 4.44. The summed E-state index contributed by atoms with van der Waals surface area (Å²) in [7, 11) is 0. The number of ether oxygens (including phenoxy) is 2. The van der Waals surface area contributed by atoms with Gasteiger partial charge in [0.05, 0.1) is 24.4 Å². The van der Waals surface area contributed by atoms with Gasteiger partial charge >= 0.3 is 0 Å². The van der Waals surface area contributed by atoms with Gasteiger partial charge in [-0.05, 0) is 35.8 Å². The Morgan fingerprint density at radius 3 is 2.45 bits per heavy atom. The molecule has 2 aromatic carbocycles. The average Bonchev–Trinajstić information content (AvgIpc) is 3.48. The Labute approximate surface area is 219 Å². The molecule has 2 unspecified atom stereocenters. The lowest BCUT2D eigenvalue weighted by molar-refractivity contribution is -0.136. The Bertz CT molecular complexity index is 1270. The van der Waals surface area contributed by atoms with Crippen LogP contribution >= 0.6 is 0 Å². The highest BCUT2D eigenvalue weighted by molar-refractivity contribution is 6.16. The molecule has 2 heterocycles. The fourth-order valence-corrected chi connectivity index (χ4v) is 4.44. The van der Waals surface area contributed by atoms with Gasteiger partial charge < -0.3 is 20.1 Å². The van der Waals surface area contributed by atoms with Crippen LogP contribution in [-0.4, -0.2) is 42.2 Å². The molecule has 38 heavy (non-hydrogen) atoms. The van der Waals surface area contributed by atoms with E-state index in [2.05, 4.69) is 16.0 Å². The minimum Gasteiger partial charge on any atom is -0.454 e. The third-order valence-electron chi connectivity index (χ3n) is 6.57. The lowest BCUT2D eigenvalue weighted by Crippen LogP contribution is -2.46. The van der Waals surface area contributed by atoms with Gasteiger partial charge in [-0.3, -0.25) is 29.3 Å². The van der Waals surface area contributed by atoms with E-state index < -0.39 is 53.3 Å². The van der Waals surface area contributed by atoms with Crippen molar-refractivity contribution in [3.63, 3.8) is 0 Å². The standard InChI is InChI=1S/C28H29N3O7/c1-3-19(26(34)25-16(2)27(35)31-28(25)36)29-24(33)14-20(18-7-5-4-6-8-18)30-23(32)12-10-17-9-11-21-22(13-17)38-15-37-21/h4-13,16,19-20,25H,3,14-15H2,1-2H3,(H,29,33)(H,30,32)(H,31,35,36)/b12-10+/t16-,19?,20-,25?/m0/s1. The summed E-state index contributed by atoms with van der Waals surface area (Å²) in [5, 5.41) is 7.69. The van der Waals surface area contributed by atoms with E-state index in [9.17, 15) is 24.0 Å². The first-order chi connectivity index (χ1) is 18.3. The molecule has 0 bridgehead atoms. The maximum atomic E-state index is 13.0. The number of hydrogen-bond donors (Lipinski definition) is 3. The zero-order valence-electron chi connectivity index (χ0n) is 21.1. The van der Waals surface area contributed by atoms with E-state index >= 15 is 0 Å². The van der Waals surface area contributed by atoms with E-state index in [0.29, 0.717) is 17.1 Å². The molecule has 1 saturated heterocycles. The molecule has 0 aromatic heterocycles. The number of carbonyl (C=O) groups excluding carboxylic acids is 5. The van der Waals surface area contributed by atoms with Gasteiger partial charge in [-0.2, -0.15) is 0 Å². The molecule has 2 aliphatic heterocycles. The van der Waals surface area contributed by atoms with Gasteiger partial charge in [-0.25, -0.2) is 0 Å². The molecule has 2 aromatic rings. The van der Waals surface area contributed by atoms with Gasteiger partial charge in [0, 0.05) is 6.08 Å². The lowest BCUT2D eigenvalue weighted by atomic mass is 9.88. The largest absolute Gasteiger partial charge is 0.454 e. The van der Waals surface area contributed by atoms with Crippen molar-refractivity contribution in [3.8, 4) is 11.5 Å². The summed E-state index contributed by atoms with van der Waals surface area (Å²) in [6.45, 7) is 3.37. The van der Waals surface area contributed by atoms with Crippen LogP contribution in [0.1, 0.15) is 43.9 Å². The Balaban J connectivity index is 1.42. The number of amides is 4. The minimum absolute atomic E-state index is 0.136. The Morgan fingerprint density at radius 1 is 1.03 bits per heavy atom. The van der Waals surface area contributed by atoms with Crippen molar-refractivity contribution in [1.82, 2.24) is 16.0 Å². The van der Waals surface area contributed by atoms with Gasteiger partial charge in [-0.15, -0.1) is 0 Å². The van der Waals surface area contributed by atoms with E-state index in [0.717, 1.165) is 5.56 Å². The average molecular weight is 520 g/mol. The number of benzene rings is 2. The SMILES string of the molecule is CCC(NC(=O)C[C@H](NC(=O)/C=C/c1ccc2c(c1)OCO2)c1ccccc1)C(=O)C1C(=O)NC(=O)[C@H]1C. The van der Waals surface area contributed by atoms with Gasteiger partial charge in [0.15, 0.2) is 17.3 Å². The molecular formula is C28H29N3O7. The van der Waals surface area contributed by atoms with Crippen molar-refractivity contribution in [2.24, 2.45) is 11.8 Å². The minimum atomic E-state index is -1.14. The van der Waals surface area contributed by atoms with Crippen molar-refractivity contribution >= 4 is 35.5 Å². The second-order valence-corrected chi connectivity index (χ2v) is 9.17. The predicted octanol–water partition coefficient (Wildman–Crippen LogP) is 2.05. The zero-order valence-corrected chi connectivity index (χ0v) is 21.1. The predicted molar refractivity (Wildman–Crippen MR) is 137 cm³/mol. The quantitative estimate of drug-likeness (QED) is 0.248. The van der Waals surface area contributed by atoms with E-state index in [1.807, 2.05) is 6.07 Å². The van der Waals surface area contributed by atoms with E-state index in [4.69, 9.17) is 9.47 Å². The molecule has 198 valence electrons. The summed E-state index contributed by atoms with van der Waals surface area (Å²) >= 11 is 0. The molecule has 1 fully saturated rings. The van der Waals surface area contributed by atoms with Crippen molar-refractivity contribution in [2.45, 2.75) is 38.8 Å². The van der Waals surface area contributed by atoms with Crippen molar-refractivity contribution in [1.29, 1.82) is 0 Å². The van der Waals surface area contributed by atoms with Crippen LogP contribution in [0.15, 0.2) is 54.6 Å². The van der Waals surface area contributed by atoms with E-state index in [1.54, 1.807) is 55.5 Å². The molecule has 0 aliphatic carbocycles. The van der Waals surface area contributed by atoms with Gasteiger partial charge in [0.1, 0.15) is 5.92 Å². The maximum absolute atomic E-state index is 13.0. The summed E-state index contributed by atoms with van der Waals surface area (Å²) in [5.74, 6) is -3.25. The topological polar surface area (TPSA) is 140 Å². The van der Waals surface area contributed by atoms with Crippen LogP contribution in [0, 0.1) is 11.8 Å². The van der Waals surface area contributed by atoms with Crippen LogP contribution in [0.2, 0.25) is 0 Å². The first-order valence-electron chi connectivity index (χ1n) is 12.4. The lowest BCUT2D eigenvalue weighted by Gasteiger charge is -2.22. The van der Waals surface area contributed by atoms with Crippen molar-refractivity contribution in [3.05, 3.63) is 65.7 Å². The summed E-state index contributed by atoms with van der Waals surface area (Å²) in [5.41, 5.74) is 1.45. The number of imide groups is 1. The molecule has 4 amide bonds. The normalized spacial score (nSPS) is 19.6. The van der Waals surface area contributed by atoms with Crippen LogP contribution < -0.4 is 25.4 Å². The van der Waals surface area contributed by atoms with Crippen LogP contribution in [-0.2, 0) is 24.0 Å². The van der Waals surface area contributed by atoms with Gasteiger partial charge in [-0.1, -0.05) is 50.2 Å². The van der Waals surface area contributed by atoms with Crippen molar-refractivity contribution in [2.75, 3.05) is 6.79 Å². The van der Waals surface area contributed by atoms with Crippen LogP contribution in [0.3, 0.4) is 0 Å². The third kappa shape index (κ3) is 6.08. The molecule has 2 aliphatic rings. The molecule has 0 spiro atoms. The first-order valence-corrected chi connectivity index (χ1v) is 12.4. The van der Waals surface area contributed by atoms with Crippen molar-refractivity contribution < 1.29 is 33.4 Å². The zero-order chi connectivity index (χ0) is 27.2. The molecule has 10 heteroatoms. The second-order valence-electron chi connectivity index (χ2n) is 9.17. The summed E-state index contributed by atoms with van der Waals surface area (Å²) in [6, 6.07) is 12.7. The monoisotopic (exact) mass is 519 g/mol. The van der Waals surface area contributed by atoms with Crippen LogP contribution in [0.4, 0.5) is 0 Å². The summed E-state index contributed by atoms with van der Waals surface area (Å²) < 4.78 is 10.6. The molecule has 0 radical (unpaired) electrons. The number of ketones is 1. The third-order valence-corrected chi connectivity index (χ3v) is 6.57. The second kappa shape index (κ2) is 11.7. The van der Waals surface area contributed by atoms with Gasteiger partial charge in [0.2, 0.25) is 30.4 Å². The number of carbonyl (C=O) groups is 5. The fraction of sp³-hybridized carbons (Fsp3) is 0.321. The Morgan fingerprint density at radius 2 is 1.76 bits per heavy atom.